The van der Waals surface area contributed by atoms with Gasteiger partial charge in [0.1, 0.15) is 5.82 Å². The second-order valence-electron chi connectivity index (χ2n) is 4.77. The minimum absolute atomic E-state index is 0.153. The maximum absolute atomic E-state index is 11.6. The monoisotopic (exact) mass is 230 g/mol. The third kappa shape index (κ3) is 1.97. The Bertz CT molecular complexity index is 554. The molecule has 1 aromatic carbocycles. The molecule has 1 heterocycles. The van der Waals surface area contributed by atoms with Gasteiger partial charge in [0, 0.05) is 5.92 Å². The number of benzene rings is 1. The Morgan fingerprint density at radius 3 is 2.47 bits per heavy atom. The first-order valence-electron chi connectivity index (χ1n) is 5.99. The molecule has 0 aliphatic heterocycles. The highest BCUT2D eigenvalue weighted by molar-refractivity contribution is 5.83. The second kappa shape index (κ2) is 4.32. The van der Waals surface area contributed by atoms with Crippen LogP contribution in [0.5, 0.6) is 0 Å². The highest BCUT2D eigenvalue weighted by atomic mass is 16.1. The summed E-state index contributed by atoms with van der Waals surface area (Å²) in [5.41, 5.74) is 2.00. The lowest BCUT2D eigenvalue weighted by Crippen LogP contribution is -2.16. The van der Waals surface area contributed by atoms with Crippen LogP contribution in [0.4, 0.5) is 0 Å². The minimum Gasteiger partial charge on any atom is -0.317 e. The van der Waals surface area contributed by atoms with Crippen LogP contribution >= 0.6 is 0 Å². The SMILES string of the molecule is CC(=O)C(C)n1c(C(C)C)nc2ccccc21. The Morgan fingerprint density at radius 2 is 1.88 bits per heavy atom. The molecule has 0 spiro atoms. The third-order valence-electron chi connectivity index (χ3n) is 3.12. The number of imidazole rings is 1. The van der Waals surface area contributed by atoms with Gasteiger partial charge in [-0.25, -0.2) is 4.98 Å². The molecule has 0 amide bonds. The van der Waals surface area contributed by atoms with Crippen LogP contribution in [0.25, 0.3) is 11.0 Å². The van der Waals surface area contributed by atoms with Gasteiger partial charge in [-0.05, 0) is 26.0 Å². The zero-order valence-corrected chi connectivity index (χ0v) is 10.8. The predicted octanol–water partition coefficient (Wildman–Crippen LogP) is 3.31. The van der Waals surface area contributed by atoms with Crippen molar-refractivity contribution >= 4 is 16.8 Å². The summed E-state index contributed by atoms with van der Waals surface area (Å²) in [4.78, 5) is 16.2. The number of Topliss-reactive ketones (excluding diaryl/α,β-unsaturated/α-hetero) is 1. The van der Waals surface area contributed by atoms with Crippen molar-refractivity contribution in [2.75, 3.05) is 0 Å². The summed E-state index contributed by atoms with van der Waals surface area (Å²) < 4.78 is 2.06. The van der Waals surface area contributed by atoms with Gasteiger partial charge in [-0.3, -0.25) is 4.79 Å². The molecule has 1 aromatic heterocycles. The molecule has 2 rings (SSSR count). The van der Waals surface area contributed by atoms with Crippen molar-refractivity contribution in [3.8, 4) is 0 Å². The van der Waals surface area contributed by atoms with Crippen LogP contribution in [0.3, 0.4) is 0 Å². The normalized spacial score (nSPS) is 13.2. The van der Waals surface area contributed by atoms with Gasteiger partial charge in [-0.2, -0.15) is 0 Å². The molecule has 0 bridgehead atoms. The summed E-state index contributed by atoms with van der Waals surface area (Å²) in [6.07, 6.45) is 0. The average Bonchev–Trinajstić information content (AvgIpc) is 2.67. The van der Waals surface area contributed by atoms with Gasteiger partial charge in [-0.15, -0.1) is 0 Å². The average molecular weight is 230 g/mol. The van der Waals surface area contributed by atoms with E-state index in [-0.39, 0.29) is 11.8 Å². The zero-order valence-electron chi connectivity index (χ0n) is 10.8. The molecule has 17 heavy (non-hydrogen) atoms. The van der Waals surface area contributed by atoms with Crippen molar-refractivity contribution < 1.29 is 4.79 Å². The van der Waals surface area contributed by atoms with Gasteiger partial charge in [0.05, 0.1) is 17.1 Å². The summed E-state index contributed by atoms with van der Waals surface area (Å²) in [5, 5.41) is 0. The Morgan fingerprint density at radius 1 is 1.24 bits per heavy atom. The van der Waals surface area contributed by atoms with E-state index in [1.807, 2.05) is 31.2 Å². The Kier molecular flexibility index (Phi) is 3.01. The first kappa shape index (κ1) is 11.8. The van der Waals surface area contributed by atoms with Crippen molar-refractivity contribution in [2.45, 2.75) is 39.7 Å². The third-order valence-corrected chi connectivity index (χ3v) is 3.12. The number of para-hydroxylation sites is 2. The van der Waals surface area contributed by atoms with Gasteiger partial charge >= 0.3 is 0 Å². The van der Waals surface area contributed by atoms with Gasteiger partial charge in [0.2, 0.25) is 0 Å². The molecule has 0 N–H and O–H groups in total. The molecular formula is C14H18N2O. The highest BCUT2D eigenvalue weighted by Gasteiger charge is 2.20. The summed E-state index contributed by atoms with van der Waals surface area (Å²) in [7, 11) is 0. The molecule has 0 saturated carbocycles. The fourth-order valence-corrected chi connectivity index (χ4v) is 2.06. The lowest BCUT2D eigenvalue weighted by Gasteiger charge is -2.16. The number of aromatic nitrogens is 2. The Balaban J connectivity index is 2.72. The predicted molar refractivity (Wildman–Crippen MR) is 69.2 cm³/mol. The quantitative estimate of drug-likeness (QED) is 0.810. The van der Waals surface area contributed by atoms with E-state index in [0.717, 1.165) is 16.9 Å². The minimum atomic E-state index is -0.153. The van der Waals surface area contributed by atoms with Crippen molar-refractivity contribution in [1.82, 2.24) is 9.55 Å². The molecular weight excluding hydrogens is 212 g/mol. The van der Waals surface area contributed by atoms with Crippen molar-refractivity contribution in [2.24, 2.45) is 0 Å². The number of carbonyl (C=O) groups is 1. The van der Waals surface area contributed by atoms with Crippen molar-refractivity contribution in [3.63, 3.8) is 0 Å². The van der Waals surface area contributed by atoms with Crippen LogP contribution in [0, 0.1) is 0 Å². The van der Waals surface area contributed by atoms with Crippen LogP contribution < -0.4 is 0 Å². The van der Waals surface area contributed by atoms with Gasteiger partial charge in [0.25, 0.3) is 0 Å². The molecule has 3 nitrogen and oxygen atoms in total. The van der Waals surface area contributed by atoms with E-state index in [2.05, 4.69) is 23.4 Å². The summed E-state index contributed by atoms with van der Waals surface area (Å²) >= 11 is 0. The Hall–Kier alpha value is -1.64. The number of hydrogen-bond donors (Lipinski definition) is 0. The summed E-state index contributed by atoms with van der Waals surface area (Å²) in [6.45, 7) is 7.76. The number of ketones is 1. The van der Waals surface area contributed by atoms with Gasteiger partial charge in [-0.1, -0.05) is 26.0 Å². The fraction of sp³-hybridized carbons (Fsp3) is 0.429. The fourth-order valence-electron chi connectivity index (χ4n) is 2.06. The van der Waals surface area contributed by atoms with E-state index >= 15 is 0 Å². The molecule has 0 saturated heterocycles. The maximum atomic E-state index is 11.6. The Labute approximate surface area is 101 Å². The lowest BCUT2D eigenvalue weighted by molar-refractivity contribution is -0.119. The largest absolute Gasteiger partial charge is 0.317 e. The highest BCUT2D eigenvalue weighted by Crippen LogP contribution is 2.26. The molecule has 0 radical (unpaired) electrons. The molecule has 0 fully saturated rings. The van der Waals surface area contributed by atoms with Crippen LogP contribution in [-0.4, -0.2) is 15.3 Å². The smallest absolute Gasteiger partial charge is 0.152 e. The zero-order chi connectivity index (χ0) is 12.6. The summed E-state index contributed by atoms with van der Waals surface area (Å²) in [5.74, 6) is 1.45. The number of carbonyl (C=O) groups excluding carboxylic acids is 1. The maximum Gasteiger partial charge on any atom is 0.152 e. The van der Waals surface area contributed by atoms with E-state index in [4.69, 9.17) is 0 Å². The first-order valence-corrected chi connectivity index (χ1v) is 5.99. The van der Waals surface area contributed by atoms with Gasteiger partial charge < -0.3 is 4.57 Å². The summed E-state index contributed by atoms with van der Waals surface area (Å²) in [6, 6.07) is 7.82. The molecule has 2 aromatic rings. The molecule has 3 heteroatoms. The molecule has 0 aliphatic rings. The van der Waals surface area contributed by atoms with E-state index in [1.54, 1.807) is 6.92 Å². The van der Waals surface area contributed by atoms with E-state index in [1.165, 1.54) is 0 Å². The second-order valence-corrected chi connectivity index (χ2v) is 4.77. The molecule has 90 valence electrons. The van der Waals surface area contributed by atoms with E-state index < -0.39 is 0 Å². The molecule has 1 unspecified atom stereocenters. The van der Waals surface area contributed by atoms with Crippen LogP contribution in [0.2, 0.25) is 0 Å². The van der Waals surface area contributed by atoms with E-state index in [0.29, 0.717) is 5.92 Å². The van der Waals surface area contributed by atoms with Crippen molar-refractivity contribution in [3.05, 3.63) is 30.1 Å². The topological polar surface area (TPSA) is 34.9 Å². The van der Waals surface area contributed by atoms with Crippen LogP contribution in [-0.2, 0) is 4.79 Å². The number of hydrogen-bond acceptors (Lipinski definition) is 2. The molecule has 1 atom stereocenters. The number of rotatable bonds is 3. The lowest BCUT2D eigenvalue weighted by atomic mass is 10.1. The standard InChI is InChI=1S/C14H18N2O/c1-9(2)14-15-12-7-5-6-8-13(12)16(14)10(3)11(4)17/h5-10H,1-4H3. The van der Waals surface area contributed by atoms with Crippen molar-refractivity contribution in [1.29, 1.82) is 0 Å². The number of fused-ring (bicyclic) bond motifs is 1. The van der Waals surface area contributed by atoms with Crippen LogP contribution in [0.1, 0.15) is 45.5 Å². The van der Waals surface area contributed by atoms with Crippen LogP contribution in [0.15, 0.2) is 24.3 Å². The number of nitrogens with zero attached hydrogens (tertiary/aromatic N) is 2. The molecule has 0 aliphatic carbocycles. The first-order chi connectivity index (χ1) is 8.02. The van der Waals surface area contributed by atoms with Gasteiger partial charge in [0.15, 0.2) is 5.78 Å². The van der Waals surface area contributed by atoms with E-state index in [9.17, 15) is 4.79 Å².